The second kappa shape index (κ2) is 6.44. The molecular formula is C18H15FN2O2. The standard InChI is InChI=1S/C18H15FN2O2/c19-15-3-1-2-13(10-15)17(20-11-22)9-12-4-6-16-14(8-12)5-7-18(23)21-16/h1-4,6,8-11H,5,7H2,(H,20,22)(H,21,23)/b17-9+. The summed E-state index contributed by atoms with van der Waals surface area (Å²) in [7, 11) is 0. The van der Waals surface area contributed by atoms with Gasteiger partial charge >= 0.3 is 0 Å². The molecule has 23 heavy (non-hydrogen) atoms. The number of carbonyl (C=O) groups is 2. The minimum absolute atomic E-state index is 0.0175. The highest BCUT2D eigenvalue weighted by molar-refractivity contribution is 5.94. The fraction of sp³-hybridized carbons (Fsp3) is 0.111. The first-order chi connectivity index (χ1) is 11.2. The summed E-state index contributed by atoms with van der Waals surface area (Å²) in [6, 6.07) is 11.7. The Balaban J connectivity index is 1.97. The van der Waals surface area contributed by atoms with E-state index >= 15 is 0 Å². The van der Waals surface area contributed by atoms with Gasteiger partial charge in [0.25, 0.3) is 0 Å². The van der Waals surface area contributed by atoms with Crippen molar-refractivity contribution in [3.8, 4) is 0 Å². The molecule has 5 heteroatoms. The van der Waals surface area contributed by atoms with Crippen molar-refractivity contribution < 1.29 is 14.0 Å². The molecule has 0 aliphatic carbocycles. The SMILES string of the molecule is O=CN/C(=C/c1ccc2c(c1)CCC(=O)N2)c1cccc(F)c1. The summed E-state index contributed by atoms with van der Waals surface area (Å²) < 4.78 is 13.4. The van der Waals surface area contributed by atoms with Crippen molar-refractivity contribution in [2.24, 2.45) is 0 Å². The maximum atomic E-state index is 13.4. The van der Waals surface area contributed by atoms with E-state index in [1.54, 1.807) is 18.2 Å². The Labute approximate surface area is 133 Å². The predicted octanol–water partition coefficient (Wildman–Crippen LogP) is 2.95. The molecule has 1 heterocycles. The first-order valence-electron chi connectivity index (χ1n) is 7.26. The van der Waals surface area contributed by atoms with Crippen molar-refractivity contribution in [2.45, 2.75) is 12.8 Å². The number of aryl methyl sites for hydroxylation is 1. The zero-order valence-electron chi connectivity index (χ0n) is 12.3. The lowest BCUT2D eigenvalue weighted by Gasteiger charge is -2.17. The zero-order chi connectivity index (χ0) is 16.2. The van der Waals surface area contributed by atoms with Gasteiger partial charge in [-0.2, -0.15) is 0 Å². The maximum absolute atomic E-state index is 13.4. The lowest BCUT2D eigenvalue weighted by molar-refractivity contribution is -0.116. The van der Waals surface area contributed by atoms with Gasteiger partial charge in [0.1, 0.15) is 5.82 Å². The molecule has 0 saturated heterocycles. The van der Waals surface area contributed by atoms with Crippen molar-refractivity contribution in [1.29, 1.82) is 0 Å². The Bertz CT molecular complexity index is 799. The van der Waals surface area contributed by atoms with Crippen LogP contribution in [0.4, 0.5) is 10.1 Å². The molecule has 116 valence electrons. The number of hydrogen-bond acceptors (Lipinski definition) is 2. The van der Waals surface area contributed by atoms with Crippen LogP contribution in [0.5, 0.6) is 0 Å². The molecule has 0 aromatic heterocycles. The van der Waals surface area contributed by atoms with Crippen molar-refractivity contribution in [1.82, 2.24) is 5.32 Å². The van der Waals surface area contributed by atoms with Crippen LogP contribution in [0.1, 0.15) is 23.1 Å². The highest BCUT2D eigenvalue weighted by Gasteiger charge is 2.14. The highest BCUT2D eigenvalue weighted by atomic mass is 19.1. The van der Waals surface area contributed by atoms with Crippen molar-refractivity contribution in [3.05, 3.63) is 65.0 Å². The average Bonchev–Trinajstić information content (AvgIpc) is 2.54. The van der Waals surface area contributed by atoms with Crippen LogP contribution in [0.25, 0.3) is 11.8 Å². The van der Waals surface area contributed by atoms with Gasteiger partial charge in [-0.15, -0.1) is 0 Å². The fourth-order valence-corrected chi connectivity index (χ4v) is 2.59. The lowest BCUT2D eigenvalue weighted by atomic mass is 9.99. The maximum Gasteiger partial charge on any atom is 0.224 e. The van der Waals surface area contributed by atoms with Crippen molar-refractivity contribution in [3.63, 3.8) is 0 Å². The molecule has 2 amide bonds. The minimum Gasteiger partial charge on any atom is -0.328 e. The second-order valence-corrected chi connectivity index (χ2v) is 5.30. The number of halogens is 1. The van der Waals surface area contributed by atoms with Crippen LogP contribution < -0.4 is 10.6 Å². The number of carbonyl (C=O) groups excluding carboxylic acids is 2. The van der Waals surface area contributed by atoms with Gasteiger partial charge in [-0.05, 0) is 47.9 Å². The Kier molecular flexibility index (Phi) is 4.19. The summed E-state index contributed by atoms with van der Waals surface area (Å²) in [6.07, 6.45) is 3.48. The quantitative estimate of drug-likeness (QED) is 0.674. The van der Waals surface area contributed by atoms with E-state index in [2.05, 4.69) is 10.6 Å². The Hall–Kier alpha value is -2.95. The van der Waals surface area contributed by atoms with E-state index in [1.165, 1.54) is 12.1 Å². The highest BCUT2D eigenvalue weighted by Crippen LogP contribution is 2.25. The van der Waals surface area contributed by atoms with Crippen LogP contribution in [0, 0.1) is 5.82 Å². The average molecular weight is 310 g/mol. The van der Waals surface area contributed by atoms with Gasteiger partial charge in [0.15, 0.2) is 0 Å². The molecule has 4 nitrogen and oxygen atoms in total. The molecule has 0 atom stereocenters. The van der Waals surface area contributed by atoms with E-state index < -0.39 is 0 Å². The van der Waals surface area contributed by atoms with Gasteiger partial charge in [-0.1, -0.05) is 18.2 Å². The third-order valence-corrected chi connectivity index (χ3v) is 3.69. The molecule has 0 saturated carbocycles. The number of amides is 2. The van der Waals surface area contributed by atoms with Crippen LogP contribution in [0.3, 0.4) is 0 Å². The number of rotatable bonds is 4. The summed E-state index contributed by atoms with van der Waals surface area (Å²) in [5.74, 6) is -0.349. The number of nitrogens with one attached hydrogen (secondary N) is 2. The second-order valence-electron chi connectivity index (χ2n) is 5.30. The van der Waals surface area contributed by atoms with Gasteiger partial charge in [0, 0.05) is 23.4 Å². The van der Waals surface area contributed by atoms with Crippen LogP contribution in [0.15, 0.2) is 42.5 Å². The van der Waals surface area contributed by atoms with Gasteiger partial charge in [0.05, 0.1) is 0 Å². The fourth-order valence-electron chi connectivity index (χ4n) is 2.59. The molecule has 0 bridgehead atoms. The third-order valence-electron chi connectivity index (χ3n) is 3.69. The molecular weight excluding hydrogens is 295 g/mol. The van der Waals surface area contributed by atoms with Crippen molar-refractivity contribution in [2.75, 3.05) is 5.32 Å². The molecule has 2 aromatic carbocycles. The number of hydrogen-bond donors (Lipinski definition) is 2. The molecule has 2 aromatic rings. The summed E-state index contributed by atoms with van der Waals surface area (Å²) >= 11 is 0. The topological polar surface area (TPSA) is 58.2 Å². The van der Waals surface area contributed by atoms with Crippen LogP contribution in [0.2, 0.25) is 0 Å². The first kappa shape index (κ1) is 15.0. The van der Waals surface area contributed by atoms with Crippen LogP contribution in [-0.2, 0) is 16.0 Å². The molecule has 1 aliphatic heterocycles. The molecule has 2 N–H and O–H groups in total. The summed E-state index contributed by atoms with van der Waals surface area (Å²) in [6.45, 7) is 0. The summed E-state index contributed by atoms with van der Waals surface area (Å²) in [5.41, 5.74) is 3.83. The van der Waals surface area contributed by atoms with E-state index in [-0.39, 0.29) is 11.7 Å². The Morgan fingerprint density at radius 1 is 1.17 bits per heavy atom. The van der Waals surface area contributed by atoms with Crippen LogP contribution >= 0.6 is 0 Å². The molecule has 1 aliphatic rings. The largest absolute Gasteiger partial charge is 0.328 e. The minimum atomic E-state index is -0.366. The third kappa shape index (κ3) is 3.45. The first-order valence-corrected chi connectivity index (χ1v) is 7.26. The van der Waals surface area contributed by atoms with E-state index in [9.17, 15) is 14.0 Å². The van der Waals surface area contributed by atoms with E-state index in [1.807, 2.05) is 18.2 Å². The van der Waals surface area contributed by atoms with E-state index in [0.29, 0.717) is 30.5 Å². The molecule has 0 unspecified atom stereocenters. The van der Waals surface area contributed by atoms with E-state index in [4.69, 9.17) is 0 Å². The molecule has 0 fully saturated rings. The molecule has 0 radical (unpaired) electrons. The zero-order valence-corrected chi connectivity index (χ0v) is 12.3. The Morgan fingerprint density at radius 2 is 2.04 bits per heavy atom. The van der Waals surface area contributed by atoms with Gasteiger partial charge in [-0.25, -0.2) is 4.39 Å². The normalized spacial score (nSPS) is 14.0. The monoisotopic (exact) mass is 310 g/mol. The van der Waals surface area contributed by atoms with Crippen LogP contribution in [-0.4, -0.2) is 12.3 Å². The predicted molar refractivity (Wildman–Crippen MR) is 86.9 cm³/mol. The number of fused-ring (bicyclic) bond motifs is 1. The summed E-state index contributed by atoms with van der Waals surface area (Å²) in [5, 5.41) is 5.43. The number of benzene rings is 2. The van der Waals surface area contributed by atoms with Crippen molar-refractivity contribution >= 4 is 29.8 Å². The summed E-state index contributed by atoms with van der Waals surface area (Å²) in [4.78, 5) is 22.2. The van der Waals surface area contributed by atoms with E-state index in [0.717, 1.165) is 16.8 Å². The van der Waals surface area contributed by atoms with Gasteiger partial charge in [0.2, 0.25) is 12.3 Å². The van der Waals surface area contributed by atoms with Gasteiger partial charge in [-0.3, -0.25) is 9.59 Å². The molecule has 3 rings (SSSR count). The Morgan fingerprint density at radius 3 is 2.83 bits per heavy atom. The van der Waals surface area contributed by atoms with Gasteiger partial charge < -0.3 is 10.6 Å². The molecule has 0 spiro atoms. The smallest absolute Gasteiger partial charge is 0.224 e. The number of anilines is 1. The lowest BCUT2D eigenvalue weighted by Crippen LogP contribution is -2.18.